The molecule has 2 aromatic rings. The van der Waals surface area contributed by atoms with Crippen molar-refractivity contribution in [3.63, 3.8) is 0 Å². The van der Waals surface area contributed by atoms with Gasteiger partial charge in [0.1, 0.15) is 22.4 Å². The van der Waals surface area contributed by atoms with Crippen LogP contribution in [0.2, 0.25) is 0 Å². The Labute approximate surface area is 171 Å². The van der Waals surface area contributed by atoms with E-state index in [0.717, 1.165) is 36.4 Å². The third-order valence-corrected chi connectivity index (χ3v) is 5.86. The second kappa shape index (κ2) is 8.64. The Kier molecular flexibility index (Phi) is 6.40. The molecule has 2 aliphatic rings. The summed E-state index contributed by atoms with van der Waals surface area (Å²) in [5.74, 6) is 1.84. The summed E-state index contributed by atoms with van der Waals surface area (Å²) in [4.78, 5) is 8.80. The summed E-state index contributed by atoms with van der Waals surface area (Å²) in [7, 11) is -4.37. The van der Waals surface area contributed by atoms with Crippen LogP contribution in [0, 0.1) is 13.8 Å². The molecule has 0 radical (unpaired) electrons. The molecule has 9 heteroatoms. The van der Waals surface area contributed by atoms with Crippen molar-refractivity contribution in [2.45, 2.75) is 64.0 Å². The minimum Gasteiger partial charge on any atom is -0.376 e. The molecule has 3 N–H and O–H groups in total. The number of fused-ring (bicyclic) bond motifs is 2. The standard InChI is InChI=1S/C18H22N4O4S.C2H6/c1-10-5-6-16(27(23,24)25)14(8-10)22-18-12-9-15-13(4-3-7-26-15)21-17(12)19-11(2)20-18;1-2/h5-6,8,13,15H,3-4,7,9H2,1-2H3,(H,23,24,25)(H2,19,20,21,22);1-2H3. The first-order valence-corrected chi connectivity index (χ1v) is 11.4. The fraction of sp³-hybridized carbons (Fsp3) is 0.500. The summed E-state index contributed by atoms with van der Waals surface area (Å²) in [6.07, 6.45) is 2.72. The Morgan fingerprint density at radius 3 is 2.72 bits per heavy atom. The van der Waals surface area contributed by atoms with Gasteiger partial charge in [0.25, 0.3) is 10.1 Å². The Hall–Kier alpha value is -2.23. The lowest BCUT2D eigenvalue weighted by molar-refractivity contribution is 0.00494. The minimum absolute atomic E-state index is 0.0386. The molecule has 1 fully saturated rings. The van der Waals surface area contributed by atoms with Crippen molar-refractivity contribution in [1.82, 2.24) is 9.97 Å². The number of benzene rings is 1. The molecule has 0 amide bonds. The van der Waals surface area contributed by atoms with E-state index in [4.69, 9.17) is 4.74 Å². The maximum absolute atomic E-state index is 11.7. The van der Waals surface area contributed by atoms with Crippen LogP contribution in [-0.4, -0.2) is 41.7 Å². The molecule has 158 valence electrons. The molecule has 3 heterocycles. The third kappa shape index (κ3) is 4.68. The van der Waals surface area contributed by atoms with E-state index < -0.39 is 10.1 Å². The van der Waals surface area contributed by atoms with Crippen LogP contribution < -0.4 is 10.6 Å². The SMILES string of the molecule is CC.Cc1ccc(S(=O)(=O)O)c(Nc2nc(C)nc3c2CC2OCCCC2N3)c1. The highest BCUT2D eigenvalue weighted by Gasteiger charge is 2.34. The summed E-state index contributed by atoms with van der Waals surface area (Å²) < 4.78 is 38.9. The molecule has 0 aliphatic carbocycles. The highest BCUT2D eigenvalue weighted by atomic mass is 32.2. The fourth-order valence-electron chi connectivity index (χ4n) is 3.69. The van der Waals surface area contributed by atoms with Gasteiger partial charge in [0.05, 0.1) is 17.8 Å². The van der Waals surface area contributed by atoms with Gasteiger partial charge in [-0.15, -0.1) is 0 Å². The van der Waals surface area contributed by atoms with Gasteiger partial charge in [0.2, 0.25) is 0 Å². The predicted molar refractivity (Wildman–Crippen MR) is 112 cm³/mol. The second-order valence-electron chi connectivity index (χ2n) is 7.05. The average molecular weight is 421 g/mol. The van der Waals surface area contributed by atoms with Crippen LogP contribution in [-0.2, 0) is 21.3 Å². The van der Waals surface area contributed by atoms with Gasteiger partial charge in [0, 0.05) is 18.6 Å². The van der Waals surface area contributed by atoms with Crippen molar-refractivity contribution in [3.05, 3.63) is 35.2 Å². The number of nitrogens with zero attached hydrogens (tertiary/aromatic N) is 2. The number of hydrogen-bond acceptors (Lipinski definition) is 7. The average Bonchev–Trinajstić information content (AvgIpc) is 2.67. The summed E-state index contributed by atoms with van der Waals surface area (Å²) in [5.41, 5.74) is 1.99. The van der Waals surface area contributed by atoms with Gasteiger partial charge in [-0.25, -0.2) is 9.97 Å². The zero-order valence-corrected chi connectivity index (χ0v) is 18.0. The maximum Gasteiger partial charge on any atom is 0.296 e. The molecule has 2 aliphatic heterocycles. The van der Waals surface area contributed by atoms with E-state index in [2.05, 4.69) is 20.6 Å². The van der Waals surface area contributed by atoms with Crippen LogP contribution in [0.15, 0.2) is 23.1 Å². The number of aryl methyl sites for hydroxylation is 2. The summed E-state index contributed by atoms with van der Waals surface area (Å²) >= 11 is 0. The number of hydrogen-bond donors (Lipinski definition) is 3. The zero-order valence-electron chi connectivity index (χ0n) is 17.2. The first kappa shape index (κ1) is 21.5. The molecule has 4 rings (SSSR count). The molecule has 2 unspecified atom stereocenters. The number of nitrogens with one attached hydrogen (secondary N) is 2. The first-order chi connectivity index (χ1) is 13.8. The Morgan fingerprint density at radius 2 is 2.00 bits per heavy atom. The lowest BCUT2D eigenvalue weighted by Crippen LogP contribution is -2.45. The number of anilines is 3. The highest BCUT2D eigenvalue weighted by molar-refractivity contribution is 7.86. The third-order valence-electron chi connectivity index (χ3n) is 4.95. The first-order valence-electron chi connectivity index (χ1n) is 9.92. The van der Waals surface area contributed by atoms with Crippen LogP contribution >= 0.6 is 0 Å². The molecule has 29 heavy (non-hydrogen) atoms. The summed E-state index contributed by atoms with van der Waals surface area (Å²) in [6, 6.07) is 4.91. The largest absolute Gasteiger partial charge is 0.376 e. The lowest BCUT2D eigenvalue weighted by atomic mass is 9.92. The van der Waals surface area contributed by atoms with Gasteiger partial charge in [-0.3, -0.25) is 4.55 Å². The van der Waals surface area contributed by atoms with E-state index >= 15 is 0 Å². The van der Waals surface area contributed by atoms with Crippen molar-refractivity contribution in [3.8, 4) is 0 Å². The van der Waals surface area contributed by atoms with Gasteiger partial charge >= 0.3 is 0 Å². The lowest BCUT2D eigenvalue weighted by Gasteiger charge is -2.37. The molecule has 0 saturated carbocycles. The molecule has 8 nitrogen and oxygen atoms in total. The fourth-order valence-corrected chi connectivity index (χ4v) is 4.32. The Morgan fingerprint density at radius 1 is 1.24 bits per heavy atom. The van der Waals surface area contributed by atoms with Crippen molar-refractivity contribution in [2.24, 2.45) is 0 Å². The van der Waals surface area contributed by atoms with Crippen molar-refractivity contribution >= 4 is 27.4 Å². The number of ether oxygens (including phenoxy) is 1. The van der Waals surface area contributed by atoms with Crippen molar-refractivity contribution < 1.29 is 17.7 Å². The van der Waals surface area contributed by atoms with E-state index in [0.29, 0.717) is 18.1 Å². The molecular weight excluding hydrogens is 392 g/mol. The molecule has 1 saturated heterocycles. The van der Waals surface area contributed by atoms with E-state index in [1.165, 1.54) is 6.07 Å². The maximum atomic E-state index is 11.7. The monoisotopic (exact) mass is 420 g/mol. The molecule has 1 aromatic heterocycles. The van der Waals surface area contributed by atoms with Crippen LogP contribution in [0.3, 0.4) is 0 Å². The molecule has 2 atom stereocenters. The van der Waals surface area contributed by atoms with E-state index in [-0.39, 0.29) is 22.7 Å². The van der Waals surface area contributed by atoms with E-state index in [1.807, 2.05) is 20.8 Å². The van der Waals surface area contributed by atoms with Gasteiger partial charge in [-0.2, -0.15) is 8.42 Å². The Bertz CT molecular complexity index is 994. The summed E-state index contributed by atoms with van der Waals surface area (Å²) in [6.45, 7) is 8.37. The number of rotatable bonds is 3. The normalized spacial score (nSPS) is 20.4. The molecular formula is C20H28N4O4S. The number of aromatic nitrogens is 2. The van der Waals surface area contributed by atoms with E-state index in [1.54, 1.807) is 19.1 Å². The second-order valence-corrected chi connectivity index (χ2v) is 8.44. The molecule has 0 bridgehead atoms. The predicted octanol–water partition coefficient (Wildman–Crippen LogP) is 3.63. The topological polar surface area (TPSA) is 113 Å². The van der Waals surface area contributed by atoms with E-state index in [9.17, 15) is 13.0 Å². The van der Waals surface area contributed by atoms with Crippen molar-refractivity contribution in [2.75, 3.05) is 17.2 Å². The Balaban J connectivity index is 0.00000117. The van der Waals surface area contributed by atoms with Crippen LogP contribution in [0.1, 0.15) is 43.6 Å². The highest BCUT2D eigenvalue weighted by Crippen LogP contribution is 2.35. The minimum atomic E-state index is -4.37. The zero-order chi connectivity index (χ0) is 21.2. The van der Waals surface area contributed by atoms with Crippen LogP contribution in [0.25, 0.3) is 0 Å². The smallest absolute Gasteiger partial charge is 0.296 e. The van der Waals surface area contributed by atoms with Crippen LogP contribution in [0.5, 0.6) is 0 Å². The van der Waals surface area contributed by atoms with Gasteiger partial charge in [0.15, 0.2) is 0 Å². The van der Waals surface area contributed by atoms with Gasteiger partial charge in [-0.05, 0) is 44.4 Å². The molecule has 0 spiro atoms. The summed E-state index contributed by atoms with van der Waals surface area (Å²) in [5, 5.41) is 6.54. The van der Waals surface area contributed by atoms with Gasteiger partial charge in [-0.1, -0.05) is 19.9 Å². The van der Waals surface area contributed by atoms with Gasteiger partial charge < -0.3 is 15.4 Å². The van der Waals surface area contributed by atoms with Crippen LogP contribution in [0.4, 0.5) is 17.3 Å². The molecule has 1 aromatic carbocycles. The van der Waals surface area contributed by atoms with Crippen molar-refractivity contribution in [1.29, 1.82) is 0 Å². The quantitative estimate of drug-likeness (QED) is 0.645.